The number of carbonyl (C=O) groups is 2. The molecule has 1 aromatic heterocycles. The highest BCUT2D eigenvalue weighted by Crippen LogP contribution is 2.35. The number of hydrogen-bond donors (Lipinski definition) is 1. The van der Waals surface area contributed by atoms with E-state index in [9.17, 15) is 14.0 Å². The Morgan fingerprint density at radius 2 is 2.00 bits per heavy atom. The Morgan fingerprint density at radius 1 is 1.28 bits per heavy atom. The lowest BCUT2D eigenvalue weighted by molar-refractivity contribution is -0.121. The number of aromatic nitrogens is 2. The largest absolute Gasteiger partial charge is 0.369 e. The van der Waals surface area contributed by atoms with Gasteiger partial charge in [-0.15, -0.1) is 0 Å². The lowest BCUT2D eigenvalue weighted by Crippen LogP contribution is -2.32. The first-order valence-electron chi connectivity index (χ1n) is 8.12. The van der Waals surface area contributed by atoms with Crippen LogP contribution in [0.5, 0.6) is 0 Å². The van der Waals surface area contributed by atoms with Crippen LogP contribution in [0.4, 0.5) is 4.39 Å². The van der Waals surface area contributed by atoms with Gasteiger partial charge in [-0.25, -0.2) is 4.39 Å². The van der Waals surface area contributed by atoms with Gasteiger partial charge in [0.2, 0.25) is 5.91 Å². The number of amides is 2. The fourth-order valence-corrected chi connectivity index (χ4v) is 3.42. The monoisotopic (exact) mass is 344 g/mol. The molecule has 0 radical (unpaired) electrons. The SMILES string of the molecule is Cc1ccc(C(=O)N2C[C@H](C(N)=O)[C@@H](c3cnn(C)c3C)C2)c(F)c1. The fraction of sp³-hybridized carbons (Fsp3) is 0.389. The molecule has 2 heterocycles. The highest BCUT2D eigenvalue weighted by Gasteiger charge is 2.41. The molecule has 2 atom stereocenters. The number of likely N-dealkylation sites (tertiary alicyclic amines) is 1. The van der Waals surface area contributed by atoms with E-state index in [1.165, 1.54) is 17.0 Å². The molecule has 0 saturated carbocycles. The van der Waals surface area contributed by atoms with Gasteiger partial charge in [0.05, 0.1) is 17.7 Å². The fourth-order valence-electron chi connectivity index (χ4n) is 3.42. The van der Waals surface area contributed by atoms with Crippen molar-refractivity contribution >= 4 is 11.8 Å². The van der Waals surface area contributed by atoms with E-state index in [4.69, 9.17) is 5.73 Å². The Bertz CT molecular complexity index is 846. The average molecular weight is 344 g/mol. The molecule has 1 aliphatic rings. The number of hydrogen-bond acceptors (Lipinski definition) is 3. The van der Waals surface area contributed by atoms with Crippen LogP contribution < -0.4 is 5.73 Å². The van der Waals surface area contributed by atoms with Crippen LogP contribution in [0.1, 0.15) is 33.1 Å². The third kappa shape index (κ3) is 3.01. The molecule has 2 aromatic rings. The van der Waals surface area contributed by atoms with E-state index in [0.29, 0.717) is 6.54 Å². The number of carbonyl (C=O) groups excluding carboxylic acids is 2. The number of primary amides is 1. The Morgan fingerprint density at radius 3 is 2.56 bits per heavy atom. The van der Waals surface area contributed by atoms with Crippen LogP contribution in [0, 0.1) is 25.6 Å². The van der Waals surface area contributed by atoms with Crippen molar-refractivity contribution in [3.05, 3.63) is 52.6 Å². The maximum Gasteiger partial charge on any atom is 0.256 e. The molecule has 2 amide bonds. The number of halogens is 1. The number of benzene rings is 1. The third-order valence-electron chi connectivity index (χ3n) is 5.00. The summed E-state index contributed by atoms with van der Waals surface area (Å²) >= 11 is 0. The summed E-state index contributed by atoms with van der Waals surface area (Å²) in [5.41, 5.74) is 8.13. The Hall–Kier alpha value is -2.70. The molecule has 132 valence electrons. The van der Waals surface area contributed by atoms with Gasteiger partial charge >= 0.3 is 0 Å². The van der Waals surface area contributed by atoms with Crippen molar-refractivity contribution < 1.29 is 14.0 Å². The van der Waals surface area contributed by atoms with E-state index >= 15 is 0 Å². The van der Waals surface area contributed by atoms with Crippen molar-refractivity contribution in [2.45, 2.75) is 19.8 Å². The molecule has 0 unspecified atom stereocenters. The van der Waals surface area contributed by atoms with Crippen LogP contribution in [-0.4, -0.2) is 39.6 Å². The van der Waals surface area contributed by atoms with Crippen molar-refractivity contribution in [1.29, 1.82) is 0 Å². The van der Waals surface area contributed by atoms with Gasteiger partial charge in [-0.1, -0.05) is 6.07 Å². The van der Waals surface area contributed by atoms with E-state index < -0.39 is 23.5 Å². The first-order chi connectivity index (χ1) is 11.8. The topological polar surface area (TPSA) is 81.2 Å². The van der Waals surface area contributed by atoms with Gasteiger partial charge in [-0.05, 0) is 37.1 Å². The lowest BCUT2D eigenvalue weighted by Gasteiger charge is -2.17. The Labute approximate surface area is 145 Å². The minimum Gasteiger partial charge on any atom is -0.369 e. The number of rotatable bonds is 3. The van der Waals surface area contributed by atoms with Gasteiger partial charge in [0.15, 0.2) is 0 Å². The molecule has 3 rings (SSSR count). The van der Waals surface area contributed by atoms with Gasteiger partial charge in [-0.3, -0.25) is 14.3 Å². The van der Waals surface area contributed by atoms with Gasteiger partial charge in [0.1, 0.15) is 5.82 Å². The second kappa shape index (κ2) is 6.31. The van der Waals surface area contributed by atoms with Crippen molar-refractivity contribution in [2.24, 2.45) is 18.7 Å². The molecule has 1 aliphatic heterocycles. The van der Waals surface area contributed by atoms with E-state index in [1.807, 2.05) is 14.0 Å². The van der Waals surface area contributed by atoms with E-state index in [-0.39, 0.29) is 18.0 Å². The Balaban J connectivity index is 1.91. The first kappa shape index (κ1) is 17.1. The van der Waals surface area contributed by atoms with Crippen LogP contribution in [0.15, 0.2) is 24.4 Å². The van der Waals surface area contributed by atoms with Gasteiger partial charge < -0.3 is 10.6 Å². The summed E-state index contributed by atoms with van der Waals surface area (Å²) in [6.45, 7) is 4.16. The minimum absolute atomic E-state index is 0.0115. The third-order valence-corrected chi connectivity index (χ3v) is 5.00. The highest BCUT2D eigenvalue weighted by molar-refractivity contribution is 5.95. The minimum atomic E-state index is -0.554. The summed E-state index contributed by atoms with van der Waals surface area (Å²) in [7, 11) is 1.82. The maximum absolute atomic E-state index is 14.1. The zero-order valence-electron chi connectivity index (χ0n) is 14.5. The van der Waals surface area contributed by atoms with Crippen LogP contribution in [0.3, 0.4) is 0 Å². The molecule has 1 fully saturated rings. The molecule has 25 heavy (non-hydrogen) atoms. The molecular weight excluding hydrogens is 323 g/mol. The predicted octanol–water partition coefficient (Wildman–Crippen LogP) is 1.52. The summed E-state index contributed by atoms with van der Waals surface area (Å²) in [6, 6.07) is 4.51. The second-order valence-electron chi connectivity index (χ2n) is 6.62. The normalized spacial score (nSPS) is 20.1. The highest BCUT2D eigenvalue weighted by atomic mass is 19.1. The average Bonchev–Trinajstić information content (AvgIpc) is 3.12. The van der Waals surface area contributed by atoms with Crippen molar-refractivity contribution in [1.82, 2.24) is 14.7 Å². The standard InChI is InChI=1S/C18H21FN4O2/c1-10-4-5-12(16(19)6-10)18(25)23-8-14(15(9-23)17(20)24)13-7-21-22(3)11(13)2/h4-7,14-15H,8-9H2,1-3H3,(H2,20,24)/t14-,15+/m1/s1. The van der Waals surface area contributed by atoms with Gasteiger partial charge in [0.25, 0.3) is 5.91 Å². The predicted molar refractivity (Wildman–Crippen MR) is 90.4 cm³/mol. The number of nitrogens with two attached hydrogens (primary N) is 1. The molecular formula is C18H21FN4O2. The molecule has 2 N–H and O–H groups in total. The maximum atomic E-state index is 14.1. The molecule has 0 bridgehead atoms. The van der Waals surface area contributed by atoms with Crippen LogP contribution in [0.25, 0.3) is 0 Å². The molecule has 7 heteroatoms. The van der Waals surface area contributed by atoms with Crippen LogP contribution >= 0.6 is 0 Å². The molecule has 0 aliphatic carbocycles. The van der Waals surface area contributed by atoms with Gasteiger partial charge in [0, 0.05) is 31.7 Å². The number of nitrogens with zero attached hydrogens (tertiary/aromatic N) is 3. The lowest BCUT2D eigenvalue weighted by atomic mass is 9.89. The van der Waals surface area contributed by atoms with E-state index in [1.54, 1.807) is 23.9 Å². The van der Waals surface area contributed by atoms with Gasteiger partial charge in [-0.2, -0.15) is 5.10 Å². The van der Waals surface area contributed by atoms with Crippen molar-refractivity contribution in [3.63, 3.8) is 0 Å². The molecule has 1 saturated heterocycles. The number of aryl methyl sites for hydroxylation is 2. The zero-order valence-corrected chi connectivity index (χ0v) is 14.5. The zero-order chi connectivity index (χ0) is 18.3. The summed E-state index contributed by atoms with van der Waals surface area (Å²) in [4.78, 5) is 26.1. The van der Waals surface area contributed by atoms with Crippen molar-refractivity contribution in [2.75, 3.05) is 13.1 Å². The quantitative estimate of drug-likeness (QED) is 0.916. The first-order valence-corrected chi connectivity index (χ1v) is 8.12. The summed E-state index contributed by atoms with van der Waals surface area (Å²) in [5, 5.41) is 4.21. The van der Waals surface area contributed by atoms with E-state index in [0.717, 1.165) is 16.8 Å². The van der Waals surface area contributed by atoms with Crippen molar-refractivity contribution in [3.8, 4) is 0 Å². The second-order valence-corrected chi connectivity index (χ2v) is 6.62. The van der Waals surface area contributed by atoms with Crippen LogP contribution in [0.2, 0.25) is 0 Å². The Kier molecular flexibility index (Phi) is 4.32. The van der Waals surface area contributed by atoms with Crippen LogP contribution in [-0.2, 0) is 11.8 Å². The summed E-state index contributed by atoms with van der Waals surface area (Å²) in [6.07, 6.45) is 1.70. The van der Waals surface area contributed by atoms with E-state index in [2.05, 4.69) is 5.10 Å². The summed E-state index contributed by atoms with van der Waals surface area (Å²) in [5.74, 6) is -2.19. The molecule has 0 spiro atoms. The molecule has 6 nitrogen and oxygen atoms in total. The summed E-state index contributed by atoms with van der Waals surface area (Å²) < 4.78 is 15.9. The molecule has 1 aromatic carbocycles. The smallest absolute Gasteiger partial charge is 0.256 e.